The van der Waals surface area contributed by atoms with Crippen LogP contribution in [-0.2, 0) is 11.3 Å². The van der Waals surface area contributed by atoms with Crippen molar-refractivity contribution in [1.82, 2.24) is 20.4 Å². The van der Waals surface area contributed by atoms with E-state index in [4.69, 9.17) is 0 Å². The average Bonchev–Trinajstić information content (AvgIpc) is 3.05. The molecule has 2 aliphatic heterocycles. The maximum absolute atomic E-state index is 12.5. The number of nitrogens with one attached hydrogen (secondary N) is 2. The lowest BCUT2D eigenvalue weighted by Crippen LogP contribution is -2.46. The molecular formula is C22H34N4O2. The third kappa shape index (κ3) is 5.71. The minimum atomic E-state index is -0.0330. The number of benzene rings is 1. The minimum Gasteiger partial charge on any atom is -0.354 e. The van der Waals surface area contributed by atoms with Crippen LogP contribution in [0.3, 0.4) is 0 Å². The molecule has 3 rings (SSSR count). The molecule has 2 fully saturated rings. The third-order valence-corrected chi connectivity index (χ3v) is 5.79. The standard InChI is InChI=1S/C22H34N4O2/c1-18(2)24-20(27)9-12-23-21(28)26-14-11-22(17-26)10-6-13-25(16-22)15-19-7-4-3-5-8-19/h3-5,7-8,18H,6,9-17H2,1-2H3,(H,23,28)(H,24,27). The van der Waals surface area contributed by atoms with Gasteiger partial charge in [-0.15, -0.1) is 0 Å². The zero-order valence-corrected chi connectivity index (χ0v) is 17.2. The highest BCUT2D eigenvalue weighted by molar-refractivity contribution is 5.78. The Kier molecular flexibility index (Phi) is 6.94. The van der Waals surface area contributed by atoms with E-state index in [0.29, 0.717) is 13.0 Å². The Morgan fingerprint density at radius 3 is 2.64 bits per heavy atom. The Balaban J connectivity index is 1.45. The molecule has 1 spiro atoms. The summed E-state index contributed by atoms with van der Waals surface area (Å²) in [6, 6.07) is 10.7. The smallest absolute Gasteiger partial charge is 0.317 e. The summed E-state index contributed by atoms with van der Waals surface area (Å²) in [6.07, 6.45) is 3.78. The molecule has 2 heterocycles. The molecule has 3 amide bonds. The van der Waals surface area contributed by atoms with Gasteiger partial charge in [-0.3, -0.25) is 9.69 Å². The molecule has 6 nitrogen and oxygen atoms in total. The van der Waals surface area contributed by atoms with Gasteiger partial charge in [0.05, 0.1) is 0 Å². The van der Waals surface area contributed by atoms with Crippen LogP contribution in [0.25, 0.3) is 0 Å². The van der Waals surface area contributed by atoms with Crippen molar-refractivity contribution in [2.45, 2.75) is 52.1 Å². The molecule has 2 N–H and O–H groups in total. The fourth-order valence-corrected chi connectivity index (χ4v) is 4.52. The van der Waals surface area contributed by atoms with Gasteiger partial charge in [0.2, 0.25) is 5.91 Å². The molecular weight excluding hydrogens is 352 g/mol. The van der Waals surface area contributed by atoms with E-state index in [-0.39, 0.29) is 23.4 Å². The number of nitrogens with zero attached hydrogens (tertiary/aromatic N) is 2. The second kappa shape index (κ2) is 9.41. The van der Waals surface area contributed by atoms with Gasteiger partial charge in [-0.25, -0.2) is 4.79 Å². The third-order valence-electron chi connectivity index (χ3n) is 5.79. The summed E-state index contributed by atoms with van der Waals surface area (Å²) >= 11 is 0. The average molecular weight is 387 g/mol. The Labute approximate surface area is 168 Å². The van der Waals surface area contributed by atoms with Crippen molar-refractivity contribution in [2.75, 3.05) is 32.7 Å². The van der Waals surface area contributed by atoms with E-state index >= 15 is 0 Å². The molecule has 154 valence electrons. The summed E-state index contributed by atoms with van der Waals surface area (Å²) in [7, 11) is 0. The number of likely N-dealkylation sites (tertiary alicyclic amines) is 2. The lowest BCUT2D eigenvalue weighted by atomic mass is 9.79. The summed E-state index contributed by atoms with van der Waals surface area (Å²) in [5.74, 6) is -0.0166. The van der Waals surface area contributed by atoms with E-state index in [2.05, 4.69) is 45.9 Å². The maximum Gasteiger partial charge on any atom is 0.317 e. The number of urea groups is 1. The molecule has 1 unspecified atom stereocenters. The van der Waals surface area contributed by atoms with Gasteiger partial charge in [0, 0.05) is 50.6 Å². The number of carbonyl (C=O) groups is 2. The molecule has 6 heteroatoms. The highest BCUT2D eigenvalue weighted by Gasteiger charge is 2.42. The highest BCUT2D eigenvalue weighted by atomic mass is 16.2. The maximum atomic E-state index is 12.5. The number of hydrogen-bond donors (Lipinski definition) is 2. The van der Waals surface area contributed by atoms with Crippen molar-refractivity contribution in [3.8, 4) is 0 Å². The topological polar surface area (TPSA) is 64.7 Å². The lowest BCUT2D eigenvalue weighted by Gasteiger charge is -2.40. The van der Waals surface area contributed by atoms with Gasteiger partial charge >= 0.3 is 6.03 Å². The highest BCUT2D eigenvalue weighted by Crippen LogP contribution is 2.39. The molecule has 0 saturated carbocycles. The van der Waals surface area contributed by atoms with Crippen molar-refractivity contribution in [2.24, 2.45) is 5.41 Å². The largest absolute Gasteiger partial charge is 0.354 e. The van der Waals surface area contributed by atoms with Gasteiger partial charge in [0.15, 0.2) is 0 Å². The predicted molar refractivity (Wildman–Crippen MR) is 111 cm³/mol. The molecule has 0 bridgehead atoms. The van der Waals surface area contributed by atoms with Gasteiger partial charge in [-0.2, -0.15) is 0 Å². The molecule has 0 aromatic heterocycles. The van der Waals surface area contributed by atoms with E-state index < -0.39 is 0 Å². The molecule has 0 aliphatic carbocycles. The van der Waals surface area contributed by atoms with Gasteiger partial charge < -0.3 is 15.5 Å². The van der Waals surface area contributed by atoms with E-state index in [1.54, 1.807) is 0 Å². The van der Waals surface area contributed by atoms with Crippen LogP contribution in [-0.4, -0.2) is 60.5 Å². The number of amides is 3. The SMILES string of the molecule is CC(C)NC(=O)CCNC(=O)N1CCC2(CCCN(Cc3ccccc3)C2)C1. The van der Waals surface area contributed by atoms with Gasteiger partial charge in [0.25, 0.3) is 0 Å². The zero-order chi connectivity index (χ0) is 20.0. The Morgan fingerprint density at radius 2 is 1.89 bits per heavy atom. The summed E-state index contributed by atoms with van der Waals surface area (Å²) in [4.78, 5) is 28.7. The van der Waals surface area contributed by atoms with Crippen LogP contribution in [0.5, 0.6) is 0 Å². The summed E-state index contributed by atoms with van der Waals surface area (Å²) in [5.41, 5.74) is 1.58. The lowest BCUT2D eigenvalue weighted by molar-refractivity contribution is -0.121. The van der Waals surface area contributed by atoms with Crippen molar-refractivity contribution < 1.29 is 9.59 Å². The van der Waals surface area contributed by atoms with Gasteiger partial charge in [0.1, 0.15) is 0 Å². The number of rotatable bonds is 6. The first-order valence-corrected chi connectivity index (χ1v) is 10.5. The molecule has 1 atom stereocenters. The normalized spacial score (nSPS) is 22.6. The number of carbonyl (C=O) groups excluding carboxylic acids is 2. The van der Waals surface area contributed by atoms with E-state index in [0.717, 1.165) is 39.1 Å². The van der Waals surface area contributed by atoms with Crippen molar-refractivity contribution in [1.29, 1.82) is 0 Å². The molecule has 1 aromatic rings. The Hall–Kier alpha value is -2.08. The zero-order valence-electron chi connectivity index (χ0n) is 17.2. The fourth-order valence-electron chi connectivity index (χ4n) is 4.52. The van der Waals surface area contributed by atoms with Gasteiger partial charge in [-0.05, 0) is 45.2 Å². The predicted octanol–water partition coefficient (Wildman–Crippen LogP) is 2.60. The van der Waals surface area contributed by atoms with Crippen LogP contribution in [0, 0.1) is 5.41 Å². The number of hydrogen-bond acceptors (Lipinski definition) is 3. The Morgan fingerprint density at radius 1 is 1.11 bits per heavy atom. The van der Waals surface area contributed by atoms with E-state index in [1.807, 2.05) is 18.7 Å². The molecule has 1 aromatic carbocycles. The number of piperidine rings is 1. The summed E-state index contributed by atoms with van der Waals surface area (Å²) in [6.45, 7) is 9.07. The van der Waals surface area contributed by atoms with Crippen LogP contribution >= 0.6 is 0 Å². The van der Waals surface area contributed by atoms with E-state index in [9.17, 15) is 9.59 Å². The van der Waals surface area contributed by atoms with Crippen molar-refractivity contribution in [3.05, 3.63) is 35.9 Å². The first-order chi connectivity index (χ1) is 13.5. The van der Waals surface area contributed by atoms with E-state index in [1.165, 1.54) is 18.4 Å². The summed E-state index contributed by atoms with van der Waals surface area (Å²) in [5, 5.41) is 5.76. The first-order valence-electron chi connectivity index (χ1n) is 10.5. The van der Waals surface area contributed by atoms with Crippen LogP contribution in [0.15, 0.2) is 30.3 Å². The van der Waals surface area contributed by atoms with Crippen molar-refractivity contribution in [3.63, 3.8) is 0 Å². The van der Waals surface area contributed by atoms with Crippen LogP contribution < -0.4 is 10.6 Å². The minimum absolute atomic E-state index is 0.0166. The molecule has 28 heavy (non-hydrogen) atoms. The Bertz CT molecular complexity index is 664. The van der Waals surface area contributed by atoms with Crippen molar-refractivity contribution >= 4 is 11.9 Å². The van der Waals surface area contributed by atoms with Gasteiger partial charge in [-0.1, -0.05) is 30.3 Å². The first kappa shape index (κ1) is 20.6. The quantitative estimate of drug-likeness (QED) is 0.790. The van der Waals surface area contributed by atoms with Crippen LogP contribution in [0.1, 0.15) is 45.1 Å². The second-order valence-electron chi connectivity index (χ2n) is 8.68. The fraction of sp³-hybridized carbons (Fsp3) is 0.636. The second-order valence-corrected chi connectivity index (χ2v) is 8.68. The monoisotopic (exact) mass is 386 g/mol. The molecule has 2 aliphatic rings. The summed E-state index contributed by atoms with van der Waals surface area (Å²) < 4.78 is 0. The van der Waals surface area contributed by atoms with Crippen LogP contribution in [0.2, 0.25) is 0 Å². The van der Waals surface area contributed by atoms with Crippen LogP contribution in [0.4, 0.5) is 4.79 Å². The molecule has 0 radical (unpaired) electrons. The molecule has 2 saturated heterocycles.